The molecule has 0 amide bonds. The first-order valence-electron chi connectivity index (χ1n) is 9.22. The first-order valence-corrected chi connectivity index (χ1v) is 9.22. The molecular weight excluding hydrogens is 390 g/mol. The van der Waals surface area contributed by atoms with Crippen LogP contribution in [0, 0.1) is 10.1 Å². The molecular formula is C21H17N3O6. The van der Waals surface area contributed by atoms with Crippen LogP contribution < -0.4 is 5.69 Å². The van der Waals surface area contributed by atoms with Crippen molar-refractivity contribution in [1.29, 1.82) is 0 Å². The van der Waals surface area contributed by atoms with E-state index in [2.05, 4.69) is 4.98 Å². The van der Waals surface area contributed by atoms with Gasteiger partial charge in [0, 0.05) is 24.2 Å². The van der Waals surface area contributed by atoms with E-state index in [0.717, 1.165) is 11.0 Å². The van der Waals surface area contributed by atoms with Crippen LogP contribution in [0.4, 0.5) is 5.69 Å². The van der Waals surface area contributed by atoms with E-state index in [4.69, 9.17) is 9.15 Å². The van der Waals surface area contributed by atoms with E-state index in [1.54, 1.807) is 22.8 Å². The van der Waals surface area contributed by atoms with Crippen LogP contribution in [0.1, 0.15) is 17.0 Å². The number of aryl methyl sites for hydroxylation is 1. The fourth-order valence-electron chi connectivity index (χ4n) is 3.14. The van der Waals surface area contributed by atoms with Crippen molar-refractivity contribution in [1.82, 2.24) is 9.55 Å². The SMILES string of the molecule is O=C(OCCCn1c(=O)[nH]c2ccccc21)c1ccc(-c2ccc([N+](=O)[O-])cc2)o1. The van der Waals surface area contributed by atoms with E-state index >= 15 is 0 Å². The maximum Gasteiger partial charge on any atom is 0.374 e. The number of H-pyrrole nitrogens is 1. The van der Waals surface area contributed by atoms with Crippen molar-refractivity contribution in [3.8, 4) is 11.3 Å². The number of carbonyl (C=O) groups excluding carboxylic acids is 1. The molecule has 30 heavy (non-hydrogen) atoms. The number of non-ortho nitro benzene ring substituents is 1. The molecule has 4 aromatic rings. The van der Waals surface area contributed by atoms with Gasteiger partial charge < -0.3 is 14.1 Å². The summed E-state index contributed by atoms with van der Waals surface area (Å²) in [6, 6.07) is 16.3. The normalized spacial score (nSPS) is 10.9. The summed E-state index contributed by atoms with van der Waals surface area (Å²) in [4.78, 5) is 37.2. The highest BCUT2D eigenvalue weighted by atomic mass is 16.6. The highest BCUT2D eigenvalue weighted by Gasteiger charge is 2.15. The maximum atomic E-state index is 12.2. The molecule has 9 heteroatoms. The summed E-state index contributed by atoms with van der Waals surface area (Å²) >= 11 is 0. The predicted molar refractivity (Wildman–Crippen MR) is 108 cm³/mol. The minimum atomic E-state index is -0.616. The molecule has 2 heterocycles. The molecule has 0 aliphatic heterocycles. The molecule has 4 rings (SSSR count). The zero-order valence-corrected chi connectivity index (χ0v) is 15.7. The first kappa shape index (κ1) is 19.2. The summed E-state index contributed by atoms with van der Waals surface area (Å²) < 4.78 is 12.3. The number of hydrogen-bond acceptors (Lipinski definition) is 6. The van der Waals surface area contributed by atoms with E-state index in [1.807, 2.05) is 24.3 Å². The number of esters is 1. The van der Waals surface area contributed by atoms with Crippen LogP contribution in [0.25, 0.3) is 22.4 Å². The Balaban J connectivity index is 1.34. The van der Waals surface area contributed by atoms with Crippen LogP contribution in [-0.2, 0) is 11.3 Å². The highest BCUT2D eigenvalue weighted by Crippen LogP contribution is 2.24. The van der Waals surface area contributed by atoms with Crippen molar-refractivity contribution in [3.63, 3.8) is 0 Å². The lowest BCUT2D eigenvalue weighted by Crippen LogP contribution is -2.18. The smallest absolute Gasteiger partial charge is 0.374 e. The molecule has 0 unspecified atom stereocenters. The maximum absolute atomic E-state index is 12.2. The van der Waals surface area contributed by atoms with Crippen LogP contribution in [0.15, 0.2) is 69.9 Å². The Morgan fingerprint density at radius 2 is 1.87 bits per heavy atom. The molecule has 152 valence electrons. The van der Waals surface area contributed by atoms with Crippen LogP contribution in [-0.4, -0.2) is 27.1 Å². The molecule has 2 aromatic heterocycles. The van der Waals surface area contributed by atoms with E-state index in [1.165, 1.54) is 18.2 Å². The summed E-state index contributed by atoms with van der Waals surface area (Å²) in [6.45, 7) is 0.528. The van der Waals surface area contributed by atoms with Gasteiger partial charge >= 0.3 is 11.7 Å². The molecule has 0 aliphatic rings. The van der Waals surface area contributed by atoms with Gasteiger partial charge in [0.25, 0.3) is 5.69 Å². The fourth-order valence-corrected chi connectivity index (χ4v) is 3.14. The van der Waals surface area contributed by atoms with Crippen molar-refractivity contribution in [2.24, 2.45) is 0 Å². The Labute approximate surface area is 169 Å². The first-order chi connectivity index (χ1) is 14.5. The number of para-hydroxylation sites is 2. The second-order valence-electron chi connectivity index (χ2n) is 6.56. The number of benzene rings is 2. The van der Waals surface area contributed by atoms with Gasteiger partial charge in [0.05, 0.1) is 22.6 Å². The quantitative estimate of drug-likeness (QED) is 0.216. The lowest BCUT2D eigenvalue weighted by atomic mass is 10.1. The summed E-state index contributed by atoms with van der Waals surface area (Å²) in [7, 11) is 0. The van der Waals surface area contributed by atoms with Crippen LogP contribution >= 0.6 is 0 Å². The number of aromatic nitrogens is 2. The van der Waals surface area contributed by atoms with Gasteiger partial charge in [0.15, 0.2) is 0 Å². The van der Waals surface area contributed by atoms with Crippen LogP contribution in [0.2, 0.25) is 0 Å². The molecule has 0 radical (unpaired) electrons. The number of nitrogens with zero attached hydrogens (tertiary/aromatic N) is 2. The van der Waals surface area contributed by atoms with E-state index in [9.17, 15) is 19.7 Å². The number of ether oxygens (including phenoxy) is 1. The third-order valence-electron chi connectivity index (χ3n) is 4.61. The number of nitro groups is 1. The molecule has 0 atom stereocenters. The van der Waals surface area contributed by atoms with Gasteiger partial charge in [-0.1, -0.05) is 12.1 Å². The van der Waals surface area contributed by atoms with Crippen molar-refractivity contribution < 1.29 is 18.9 Å². The fraction of sp³-hybridized carbons (Fsp3) is 0.143. The largest absolute Gasteiger partial charge is 0.460 e. The highest BCUT2D eigenvalue weighted by molar-refractivity contribution is 5.87. The summed E-state index contributed by atoms with van der Waals surface area (Å²) in [5.41, 5.74) is 1.93. The van der Waals surface area contributed by atoms with Gasteiger partial charge in [-0.2, -0.15) is 0 Å². The number of hydrogen-bond donors (Lipinski definition) is 1. The Morgan fingerprint density at radius 3 is 2.63 bits per heavy atom. The minimum Gasteiger partial charge on any atom is -0.460 e. The zero-order chi connectivity index (χ0) is 21.1. The number of imidazole rings is 1. The molecule has 2 aromatic carbocycles. The van der Waals surface area contributed by atoms with Gasteiger partial charge in [-0.3, -0.25) is 14.7 Å². The van der Waals surface area contributed by atoms with Crippen molar-refractivity contribution in [2.45, 2.75) is 13.0 Å². The predicted octanol–water partition coefficient (Wildman–Crippen LogP) is 3.74. The van der Waals surface area contributed by atoms with Gasteiger partial charge in [-0.15, -0.1) is 0 Å². The number of fused-ring (bicyclic) bond motifs is 1. The van der Waals surface area contributed by atoms with Crippen LogP contribution in [0.3, 0.4) is 0 Å². The monoisotopic (exact) mass is 407 g/mol. The second-order valence-corrected chi connectivity index (χ2v) is 6.56. The van der Waals surface area contributed by atoms with Gasteiger partial charge in [0.2, 0.25) is 5.76 Å². The molecule has 0 saturated heterocycles. The molecule has 0 aliphatic carbocycles. The molecule has 0 saturated carbocycles. The van der Waals surface area contributed by atoms with Crippen molar-refractivity contribution in [3.05, 3.63) is 87.0 Å². The van der Waals surface area contributed by atoms with Crippen molar-refractivity contribution in [2.75, 3.05) is 6.61 Å². The topological polar surface area (TPSA) is 120 Å². The number of carbonyl (C=O) groups is 1. The Hall–Kier alpha value is -4.14. The van der Waals surface area contributed by atoms with E-state index in [0.29, 0.717) is 24.3 Å². The lowest BCUT2D eigenvalue weighted by Gasteiger charge is -2.05. The van der Waals surface area contributed by atoms with E-state index < -0.39 is 10.9 Å². The zero-order valence-electron chi connectivity index (χ0n) is 15.7. The average molecular weight is 407 g/mol. The van der Waals surface area contributed by atoms with E-state index in [-0.39, 0.29) is 23.7 Å². The lowest BCUT2D eigenvalue weighted by molar-refractivity contribution is -0.384. The standard InChI is InChI=1S/C21H17N3O6/c25-20(19-11-10-18(30-19)14-6-8-15(9-7-14)24(27)28)29-13-3-12-23-17-5-2-1-4-16(17)22-21(23)26/h1-2,4-11H,3,12-13H2,(H,22,26). The number of nitrogens with one attached hydrogen (secondary N) is 1. The number of furan rings is 1. The number of aromatic amines is 1. The number of nitro benzene ring substituents is 1. The van der Waals surface area contributed by atoms with Gasteiger partial charge in [-0.25, -0.2) is 9.59 Å². The summed E-state index contributed by atoms with van der Waals surface area (Å²) in [5, 5.41) is 10.7. The minimum absolute atomic E-state index is 0.0285. The van der Waals surface area contributed by atoms with Gasteiger partial charge in [0.1, 0.15) is 5.76 Å². The van der Waals surface area contributed by atoms with Gasteiger partial charge in [-0.05, 0) is 42.8 Å². The van der Waals surface area contributed by atoms with Crippen LogP contribution in [0.5, 0.6) is 0 Å². The number of rotatable bonds is 7. The summed E-state index contributed by atoms with van der Waals surface area (Å²) in [6.07, 6.45) is 0.462. The molecule has 9 nitrogen and oxygen atoms in total. The molecule has 0 spiro atoms. The molecule has 0 fully saturated rings. The Bertz CT molecular complexity index is 1270. The molecule has 0 bridgehead atoms. The molecule has 1 N–H and O–H groups in total. The Morgan fingerprint density at radius 1 is 1.10 bits per heavy atom. The summed E-state index contributed by atoms with van der Waals surface area (Å²) in [5.74, 6) is -0.177. The third-order valence-corrected chi connectivity index (χ3v) is 4.61. The average Bonchev–Trinajstić information content (AvgIpc) is 3.36. The third kappa shape index (κ3) is 3.86. The van der Waals surface area contributed by atoms with Crippen molar-refractivity contribution >= 4 is 22.7 Å². The second kappa shape index (κ2) is 8.08. The Kier molecular flexibility index (Phi) is 5.17.